The van der Waals surface area contributed by atoms with Crippen LogP contribution in [-0.4, -0.2) is 6.54 Å². The minimum absolute atomic E-state index is 0.654. The van der Waals surface area contributed by atoms with E-state index in [1.807, 2.05) is 11.3 Å². The van der Waals surface area contributed by atoms with E-state index in [1.165, 1.54) is 43.5 Å². The largest absolute Gasteiger partial charge is 0.309 e. The molecule has 0 amide bonds. The SMILES string of the molecule is CCCCCNC(c1cccs1)C1CC1. The lowest BCUT2D eigenvalue weighted by molar-refractivity contribution is 0.475. The fourth-order valence-electron chi connectivity index (χ4n) is 2.03. The van der Waals surface area contributed by atoms with E-state index >= 15 is 0 Å². The van der Waals surface area contributed by atoms with Crippen LogP contribution in [0.3, 0.4) is 0 Å². The van der Waals surface area contributed by atoms with Crippen molar-refractivity contribution in [2.24, 2.45) is 5.92 Å². The van der Waals surface area contributed by atoms with Gasteiger partial charge in [-0.15, -0.1) is 11.3 Å². The Hall–Kier alpha value is -0.340. The Morgan fingerprint density at radius 1 is 1.47 bits per heavy atom. The van der Waals surface area contributed by atoms with Gasteiger partial charge in [0.1, 0.15) is 0 Å². The van der Waals surface area contributed by atoms with Gasteiger partial charge in [0.2, 0.25) is 0 Å². The summed E-state index contributed by atoms with van der Waals surface area (Å²) in [5.41, 5.74) is 0. The first-order valence-corrected chi connectivity index (χ1v) is 7.06. The molecule has 1 aromatic heterocycles. The van der Waals surface area contributed by atoms with E-state index in [2.05, 4.69) is 29.8 Å². The molecule has 84 valence electrons. The summed E-state index contributed by atoms with van der Waals surface area (Å²) in [6, 6.07) is 5.10. The second-order valence-electron chi connectivity index (χ2n) is 4.49. The van der Waals surface area contributed by atoms with Crippen LogP contribution in [0.15, 0.2) is 17.5 Å². The predicted octanol–water partition coefficient (Wildman–Crippen LogP) is 3.98. The van der Waals surface area contributed by atoms with Gasteiger partial charge < -0.3 is 5.32 Å². The Morgan fingerprint density at radius 3 is 2.93 bits per heavy atom. The van der Waals surface area contributed by atoms with Crippen molar-refractivity contribution in [1.82, 2.24) is 5.32 Å². The maximum absolute atomic E-state index is 3.73. The molecule has 0 aliphatic heterocycles. The molecule has 0 aromatic carbocycles. The van der Waals surface area contributed by atoms with E-state index in [-0.39, 0.29) is 0 Å². The van der Waals surface area contributed by atoms with Crippen LogP contribution >= 0.6 is 11.3 Å². The van der Waals surface area contributed by atoms with Gasteiger partial charge in [0.15, 0.2) is 0 Å². The Kier molecular flexibility index (Phi) is 4.21. The summed E-state index contributed by atoms with van der Waals surface area (Å²) in [6.07, 6.45) is 6.83. The summed E-state index contributed by atoms with van der Waals surface area (Å²) in [5, 5.41) is 5.92. The third kappa shape index (κ3) is 3.32. The average molecular weight is 223 g/mol. The van der Waals surface area contributed by atoms with Gasteiger partial charge in [-0.2, -0.15) is 0 Å². The van der Waals surface area contributed by atoms with E-state index in [9.17, 15) is 0 Å². The zero-order chi connectivity index (χ0) is 10.5. The molecule has 1 heterocycles. The van der Waals surface area contributed by atoms with Crippen LogP contribution in [0.4, 0.5) is 0 Å². The molecule has 2 heteroatoms. The summed E-state index contributed by atoms with van der Waals surface area (Å²) in [5.74, 6) is 0.922. The molecule has 0 radical (unpaired) electrons. The maximum atomic E-state index is 3.73. The molecule has 1 nitrogen and oxygen atoms in total. The van der Waals surface area contributed by atoms with Crippen LogP contribution in [0, 0.1) is 5.92 Å². The van der Waals surface area contributed by atoms with Crippen molar-refractivity contribution >= 4 is 11.3 Å². The normalized spacial score (nSPS) is 17.9. The molecular formula is C13H21NS. The van der Waals surface area contributed by atoms with Gasteiger partial charge in [0.05, 0.1) is 0 Å². The molecule has 2 rings (SSSR count). The van der Waals surface area contributed by atoms with Crippen molar-refractivity contribution in [3.05, 3.63) is 22.4 Å². The highest BCUT2D eigenvalue weighted by molar-refractivity contribution is 7.10. The molecule has 1 atom stereocenters. The van der Waals surface area contributed by atoms with Crippen LogP contribution < -0.4 is 5.32 Å². The van der Waals surface area contributed by atoms with Crippen molar-refractivity contribution in [1.29, 1.82) is 0 Å². The summed E-state index contributed by atoms with van der Waals surface area (Å²) < 4.78 is 0. The number of hydrogen-bond acceptors (Lipinski definition) is 2. The molecule has 1 aliphatic rings. The van der Waals surface area contributed by atoms with E-state index in [4.69, 9.17) is 0 Å². The Morgan fingerprint density at radius 2 is 2.33 bits per heavy atom. The topological polar surface area (TPSA) is 12.0 Å². The van der Waals surface area contributed by atoms with Crippen molar-refractivity contribution in [2.45, 2.75) is 45.1 Å². The van der Waals surface area contributed by atoms with Crippen molar-refractivity contribution < 1.29 is 0 Å². The molecule has 1 unspecified atom stereocenters. The molecular weight excluding hydrogens is 202 g/mol. The van der Waals surface area contributed by atoms with Gasteiger partial charge in [0, 0.05) is 10.9 Å². The minimum atomic E-state index is 0.654. The van der Waals surface area contributed by atoms with Gasteiger partial charge in [0.25, 0.3) is 0 Å². The quantitative estimate of drug-likeness (QED) is 0.689. The van der Waals surface area contributed by atoms with Gasteiger partial charge in [-0.05, 0) is 43.2 Å². The summed E-state index contributed by atoms with van der Waals surface area (Å²) in [7, 11) is 0. The maximum Gasteiger partial charge on any atom is 0.0443 e. The van der Waals surface area contributed by atoms with Gasteiger partial charge >= 0.3 is 0 Å². The second-order valence-corrected chi connectivity index (χ2v) is 5.47. The first kappa shape index (κ1) is 11.2. The molecule has 0 spiro atoms. The first-order chi connectivity index (χ1) is 7.42. The van der Waals surface area contributed by atoms with E-state index in [1.54, 1.807) is 0 Å². The number of rotatable bonds is 7. The number of unbranched alkanes of at least 4 members (excludes halogenated alkanes) is 2. The van der Waals surface area contributed by atoms with Crippen molar-refractivity contribution in [3.8, 4) is 0 Å². The standard InChI is InChI=1S/C13H21NS/c1-2-3-4-9-14-13(11-7-8-11)12-6-5-10-15-12/h5-6,10-11,13-14H,2-4,7-9H2,1H3. The Balaban J connectivity index is 1.79. The van der Waals surface area contributed by atoms with Gasteiger partial charge in [-0.25, -0.2) is 0 Å². The first-order valence-electron chi connectivity index (χ1n) is 6.18. The molecule has 1 saturated carbocycles. The number of nitrogens with one attached hydrogen (secondary N) is 1. The second kappa shape index (κ2) is 5.66. The third-order valence-electron chi connectivity index (χ3n) is 3.09. The van der Waals surface area contributed by atoms with E-state index < -0.39 is 0 Å². The molecule has 0 saturated heterocycles. The average Bonchev–Trinajstić information content (AvgIpc) is 2.93. The van der Waals surface area contributed by atoms with Gasteiger partial charge in [-0.3, -0.25) is 0 Å². The zero-order valence-electron chi connectivity index (χ0n) is 9.54. The lowest BCUT2D eigenvalue weighted by atomic mass is 10.1. The Bertz CT molecular complexity index is 264. The summed E-state index contributed by atoms with van der Waals surface area (Å²) in [4.78, 5) is 1.54. The highest BCUT2D eigenvalue weighted by atomic mass is 32.1. The van der Waals surface area contributed by atoms with Crippen LogP contribution in [0.1, 0.15) is 49.9 Å². The highest BCUT2D eigenvalue weighted by Gasteiger charge is 2.32. The van der Waals surface area contributed by atoms with E-state index in [0.29, 0.717) is 6.04 Å². The van der Waals surface area contributed by atoms with Crippen LogP contribution in [0.2, 0.25) is 0 Å². The molecule has 1 fully saturated rings. The fraction of sp³-hybridized carbons (Fsp3) is 0.692. The Labute approximate surface area is 96.9 Å². The van der Waals surface area contributed by atoms with Crippen LogP contribution in [0.25, 0.3) is 0 Å². The lowest BCUT2D eigenvalue weighted by Crippen LogP contribution is -2.23. The van der Waals surface area contributed by atoms with Crippen LogP contribution in [0.5, 0.6) is 0 Å². The monoisotopic (exact) mass is 223 g/mol. The number of thiophene rings is 1. The predicted molar refractivity (Wildman–Crippen MR) is 67.3 cm³/mol. The van der Waals surface area contributed by atoms with Crippen molar-refractivity contribution in [3.63, 3.8) is 0 Å². The summed E-state index contributed by atoms with van der Waals surface area (Å²) in [6.45, 7) is 3.45. The molecule has 15 heavy (non-hydrogen) atoms. The third-order valence-corrected chi connectivity index (χ3v) is 4.04. The van der Waals surface area contributed by atoms with Crippen LogP contribution in [-0.2, 0) is 0 Å². The highest BCUT2D eigenvalue weighted by Crippen LogP contribution is 2.42. The summed E-state index contributed by atoms with van der Waals surface area (Å²) >= 11 is 1.90. The van der Waals surface area contributed by atoms with Gasteiger partial charge in [-0.1, -0.05) is 25.8 Å². The fourth-order valence-corrected chi connectivity index (χ4v) is 2.92. The minimum Gasteiger partial charge on any atom is -0.309 e. The molecule has 1 aliphatic carbocycles. The smallest absolute Gasteiger partial charge is 0.0443 e. The lowest BCUT2D eigenvalue weighted by Gasteiger charge is -2.16. The van der Waals surface area contributed by atoms with Crippen molar-refractivity contribution in [2.75, 3.05) is 6.54 Å². The molecule has 1 aromatic rings. The molecule has 1 N–H and O–H groups in total. The zero-order valence-corrected chi connectivity index (χ0v) is 10.4. The van der Waals surface area contributed by atoms with E-state index in [0.717, 1.165) is 5.92 Å². The molecule has 0 bridgehead atoms. The number of hydrogen-bond donors (Lipinski definition) is 1.